The van der Waals surface area contributed by atoms with Gasteiger partial charge in [0.1, 0.15) is 0 Å². The molecule has 0 bridgehead atoms. The lowest BCUT2D eigenvalue weighted by Crippen LogP contribution is -2.33. The third-order valence-electron chi connectivity index (χ3n) is 5.70. The first-order valence-electron chi connectivity index (χ1n) is 10.2. The second-order valence-electron chi connectivity index (χ2n) is 7.96. The molecule has 5 nitrogen and oxygen atoms in total. The topological polar surface area (TPSA) is 66.5 Å². The smallest absolute Gasteiger partial charge is 0.251 e. The Morgan fingerprint density at radius 2 is 1.72 bits per heavy atom. The Bertz CT molecular complexity index is 950. The van der Waals surface area contributed by atoms with Crippen molar-refractivity contribution in [3.8, 4) is 0 Å². The van der Waals surface area contributed by atoms with Gasteiger partial charge in [-0.25, -0.2) is 8.42 Å². The van der Waals surface area contributed by atoms with Gasteiger partial charge in [0.05, 0.1) is 4.90 Å². The van der Waals surface area contributed by atoms with Gasteiger partial charge in [-0.2, -0.15) is 0 Å². The number of amides is 1. The van der Waals surface area contributed by atoms with E-state index in [-0.39, 0.29) is 10.8 Å². The monoisotopic (exact) mass is 414 g/mol. The normalized spacial score (nSPS) is 15.4. The molecule has 0 aromatic heterocycles. The first kappa shape index (κ1) is 21.5. The molecule has 156 valence electrons. The van der Waals surface area contributed by atoms with E-state index in [1.807, 2.05) is 18.2 Å². The third kappa shape index (κ3) is 5.90. The SMILES string of the molecule is CN(Cc1ccccc1CNC(=O)c1cccc(S(C)(=O)=O)c1)C1CCCCC1. The molecule has 6 heteroatoms. The molecule has 1 aliphatic carbocycles. The molecule has 3 rings (SSSR count). The van der Waals surface area contributed by atoms with Gasteiger partial charge in [-0.05, 0) is 49.2 Å². The van der Waals surface area contributed by atoms with Gasteiger partial charge in [0.25, 0.3) is 5.91 Å². The second kappa shape index (κ2) is 9.55. The molecule has 0 radical (unpaired) electrons. The summed E-state index contributed by atoms with van der Waals surface area (Å²) < 4.78 is 23.5. The van der Waals surface area contributed by atoms with Crippen LogP contribution in [0.5, 0.6) is 0 Å². The molecule has 1 fully saturated rings. The Kier molecular flexibility index (Phi) is 7.09. The summed E-state index contributed by atoms with van der Waals surface area (Å²) >= 11 is 0. The van der Waals surface area contributed by atoms with Crippen molar-refractivity contribution < 1.29 is 13.2 Å². The van der Waals surface area contributed by atoms with Crippen LogP contribution in [0.25, 0.3) is 0 Å². The van der Waals surface area contributed by atoms with Crippen LogP contribution >= 0.6 is 0 Å². The average molecular weight is 415 g/mol. The minimum atomic E-state index is -3.34. The lowest BCUT2D eigenvalue weighted by molar-refractivity contribution is 0.0950. The summed E-state index contributed by atoms with van der Waals surface area (Å²) in [5.41, 5.74) is 2.65. The molecule has 0 unspecified atom stereocenters. The highest BCUT2D eigenvalue weighted by Gasteiger charge is 2.19. The van der Waals surface area contributed by atoms with Crippen molar-refractivity contribution in [2.24, 2.45) is 0 Å². The lowest BCUT2D eigenvalue weighted by atomic mass is 9.94. The van der Waals surface area contributed by atoms with Crippen molar-refractivity contribution in [2.45, 2.75) is 56.1 Å². The van der Waals surface area contributed by atoms with Gasteiger partial charge in [-0.15, -0.1) is 0 Å². The molecular formula is C23H30N2O3S. The van der Waals surface area contributed by atoms with Crippen molar-refractivity contribution in [2.75, 3.05) is 13.3 Å². The largest absolute Gasteiger partial charge is 0.348 e. The van der Waals surface area contributed by atoms with Crippen molar-refractivity contribution in [1.82, 2.24) is 10.2 Å². The fraction of sp³-hybridized carbons (Fsp3) is 0.435. The van der Waals surface area contributed by atoms with Gasteiger partial charge in [-0.3, -0.25) is 9.69 Å². The van der Waals surface area contributed by atoms with Gasteiger partial charge < -0.3 is 5.32 Å². The van der Waals surface area contributed by atoms with Crippen LogP contribution in [-0.4, -0.2) is 38.6 Å². The molecule has 0 atom stereocenters. The van der Waals surface area contributed by atoms with E-state index in [4.69, 9.17) is 0 Å². The number of hydrogen-bond donors (Lipinski definition) is 1. The number of carbonyl (C=O) groups excluding carboxylic acids is 1. The zero-order chi connectivity index (χ0) is 20.9. The van der Waals surface area contributed by atoms with Gasteiger partial charge in [0.2, 0.25) is 0 Å². The number of nitrogens with zero attached hydrogens (tertiary/aromatic N) is 1. The molecular weight excluding hydrogens is 384 g/mol. The van der Waals surface area contributed by atoms with E-state index in [1.54, 1.807) is 12.1 Å². The summed E-state index contributed by atoms with van der Waals surface area (Å²) in [6.07, 6.45) is 7.60. The van der Waals surface area contributed by atoms with Crippen molar-refractivity contribution in [1.29, 1.82) is 0 Å². The van der Waals surface area contributed by atoms with Crippen LogP contribution in [0, 0.1) is 0 Å². The summed E-state index contributed by atoms with van der Waals surface area (Å²) in [7, 11) is -1.16. The molecule has 2 aromatic rings. The van der Waals surface area contributed by atoms with E-state index in [0.29, 0.717) is 18.2 Å². The predicted octanol–water partition coefficient (Wildman–Crippen LogP) is 3.78. The van der Waals surface area contributed by atoms with E-state index in [9.17, 15) is 13.2 Å². The van der Waals surface area contributed by atoms with Crippen LogP contribution in [0.3, 0.4) is 0 Å². The van der Waals surface area contributed by atoms with Gasteiger partial charge in [0, 0.05) is 31.0 Å². The lowest BCUT2D eigenvalue weighted by Gasteiger charge is -2.31. The number of carbonyl (C=O) groups is 1. The van der Waals surface area contributed by atoms with Crippen LogP contribution in [0.2, 0.25) is 0 Å². The number of nitrogens with one attached hydrogen (secondary N) is 1. The molecule has 1 aliphatic rings. The van der Waals surface area contributed by atoms with Crippen molar-refractivity contribution in [3.05, 3.63) is 65.2 Å². The van der Waals surface area contributed by atoms with E-state index >= 15 is 0 Å². The Morgan fingerprint density at radius 3 is 2.41 bits per heavy atom. The first-order valence-corrected chi connectivity index (χ1v) is 12.1. The van der Waals surface area contributed by atoms with E-state index in [2.05, 4.69) is 23.3 Å². The van der Waals surface area contributed by atoms with Crippen molar-refractivity contribution in [3.63, 3.8) is 0 Å². The first-order chi connectivity index (χ1) is 13.8. The Hall–Kier alpha value is -2.18. The van der Waals surface area contributed by atoms with E-state index in [0.717, 1.165) is 18.4 Å². The minimum absolute atomic E-state index is 0.152. The molecule has 1 saturated carbocycles. The molecule has 0 heterocycles. The Balaban J connectivity index is 1.66. The van der Waals surface area contributed by atoms with Crippen LogP contribution in [-0.2, 0) is 22.9 Å². The van der Waals surface area contributed by atoms with Crippen LogP contribution < -0.4 is 5.32 Å². The average Bonchev–Trinajstić information content (AvgIpc) is 2.73. The van der Waals surface area contributed by atoms with Gasteiger partial charge in [0.15, 0.2) is 9.84 Å². The van der Waals surface area contributed by atoms with Crippen molar-refractivity contribution >= 4 is 15.7 Å². The molecule has 2 aromatic carbocycles. The summed E-state index contributed by atoms with van der Waals surface area (Å²) in [6.45, 7) is 1.27. The third-order valence-corrected chi connectivity index (χ3v) is 6.81. The molecule has 0 spiro atoms. The van der Waals surface area contributed by atoms with Gasteiger partial charge in [-0.1, -0.05) is 49.6 Å². The number of benzene rings is 2. The Morgan fingerprint density at radius 1 is 1.03 bits per heavy atom. The standard InChI is InChI=1S/C23H30N2O3S/c1-25(21-12-4-3-5-13-21)17-20-10-7-6-9-19(20)16-24-23(26)18-11-8-14-22(15-18)29(2,27)28/h6-11,14-15,21H,3-5,12-13,16-17H2,1-2H3,(H,24,26). The second-order valence-corrected chi connectivity index (χ2v) is 9.97. The number of hydrogen-bond acceptors (Lipinski definition) is 4. The summed E-state index contributed by atoms with van der Waals surface area (Å²) in [5.74, 6) is -0.272. The van der Waals surface area contributed by atoms with Gasteiger partial charge >= 0.3 is 0 Å². The van der Waals surface area contributed by atoms with E-state index < -0.39 is 9.84 Å². The minimum Gasteiger partial charge on any atom is -0.348 e. The highest BCUT2D eigenvalue weighted by Crippen LogP contribution is 2.23. The van der Waals surface area contributed by atoms with E-state index in [1.165, 1.54) is 49.8 Å². The Labute approximate surface area is 174 Å². The highest BCUT2D eigenvalue weighted by atomic mass is 32.2. The summed E-state index contributed by atoms with van der Waals surface area (Å²) in [5, 5.41) is 2.93. The highest BCUT2D eigenvalue weighted by molar-refractivity contribution is 7.90. The molecule has 0 aliphatic heterocycles. The van der Waals surface area contributed by atoms with Crippen LogP contribution in [0.15, 0.2) is 53.4 Å². The van der Waals surface area contributed by atoms with Crippen LogP contribution in [0.1, 0.15) is 53.6 Å². The maximum absolute atomic E-state index is 12.6. The maximum atomic E-state index is 12.6. The zero-order valence-corrected chi connectivity index (χ0v) is 18.0. The zero-order valence-electron chi connectivity index (χ0n) is 17.2. The predicted molar refractivity (Wildman–Crippen MR) is 116 cm³/mol. The number of rotatable bonds is 7. The number of sulfone groups is 1. The summed E-state index contributed by atoms with van der Waals surface area (Å²) in [6, 6.07) is 15.0. The summed E-state index contributed by atoms with van der Waals surface area (Å²) in [4.78, 5) is 15.1. The molecule has 29 heavy (non-hydrogen) atoms. The molecule has 1 N–H and O–H groups in total. The quantitative estimate of drug-likeness (QED) is 0.749. The maximum Gasteiger partial charge on any atom is 0.251 e. The molecule has 0 saturated heterocycles. The fourth-order valence-corrected chi connectivity index (χ4v) is 4.62. The molecule has 1 amide bonds. The van der Waals surface area contributed by atoms with Crippen LogP contribution in [0.4, 0.5) is 0 Å². The fourth-order valence-electron chi connectivity index (χ4n) is 3.95.